The average molecular weight is 530 g/mol. The van der Waals surface area contributed by atoms with Gasteiger partial charge in [-0.3, -0.25) is 9.69 Å². The summed E-state index contributed by atoms with van der Waals surface area (Å²) >= 11 is 1.66. The van der Waals surface area contributed by atoms with Crippen molar-refractivity contribution in [2.45, 2.75) is 50.7 Å². The molecule has 1 saturated heterocycles. The number of hydrogen-bond acceptors (Lipinski definition) is 7. The molecule has 6 rings (SSSR count). The summed E-state index contributed by atoms with van der Waals surface area (Å²) in [6.07, 6.45) is 2.32. The molecule has 0 radical (unpaired) electrons. The van der Waals surface area contributed by atoms with Crippen LogP contribution < -0.4 is 10.5 Å². The predicted molar refractivity (Wildman–Crippen MR) is 146 cm³/mol. The van der Waals surface area contributed by atoms with Crippen molar-refractivity contribution in [2.24, 2.45) is 7.05 Å². The Bertz CT molecular complexity index is 1600. The summed E-state index contributed by atoms with van der Waals surface area (Å²) in [4.78, 5) is 25.6. The van der Waals surface area contributed by atoms with E-state index in [4.69, 9.17) is 6.57 Å². The van der Waals surface area contributed by atoms with Crippen LogP contribution in [-0.2, 0) is 7.05 Å². The van der Waals surface area contributed by atoms with Crippen molar-refractivity contribution in [3.8, 4) is 0 Å². The number of piperazine rings is 1. The lowest BCUT2D eigenvalue weighted by molar-refractivity contribution is 0.129. The monoisotopic (exact) mass is 529 g/mol. The zero-order valence-corrected chi connectivity index (χ0v) is 22.3. The van der Waals surface area contributed by atoms with Gasteiger partial charge < -0.3 is 14.3 Å². The molecule has 1 aliphatic carbocycles. The summed E-state index contributed by atoms with van der Waals surface area (Å²) < 4.78 is 15.4. The van der Waals surface area contributed by atoms with Crippen LogP contribution in [0.5, 0.6) is 0 Å². The summed E-state index contributed by atoms with van der Waals surface area (Å²) in [6.45, 7) is 13.1. The normalized spacial score (nSPS) is 21.0. The van der Waals surface area contributed by atoms with Crippen LogP contribution in [0.2, 0.25) is 0 Å². The first-order valence-corrected chi connectivity index (χ1v) is 13.6. The van der Waals surface area contributed by atoms with Gasteiger partial charge in [-0.15, -0.1) is 15.2 Å². The van der Waals surface area contributed by atoms with Gasteiger partial charge in [-0.05, 0) is 56.5 Å². The Hall–Kier alpha value is -3.68. The summed E-state index contributed by atoms with van der Waals surface area (Å²) in [7, 11) is 1.73. The molecule has 1 aromatic carbocycles. The first-order chi connectivity index (χ1) is 18.3. The van der Waals surface area contributed by atoms with E-state index in [0.29, 0.717) is 35.9 Å². The third kappa shape index (κ3) is 4.36. The Labute approximate surface area is 224 Å². The molecular weight excluding hydrogens is 501 g/mol. The number of benzene rings is 1. The fourth-order valence-corrected chi connectivity index (χ4v) is 6.57. The summed E-state index contributed by atoms with van der Waals surface area (Å²) in [5.74, 6) is 0.555. The molecule has 1 saturated carbocycles. The smallest absolute Gasteiger partial charge is 0.270 e. The summed E-state index contributed by atoms with van der Waals surface area (Å²) in [5, 5.41) is 11.1. The Morgan fingerprint density at radius 3 is 2.55 bits per heavy atom. The largest absolute Gasteiger partial charge is 0.362 e. The number of fused-ring (bicyclic) bond motifs is 1. The van der Waals surface area contributed by atoms with E-state index in [0.717, 1.165) is 34.1 Å². The van der Waals surface area contributed by atoms with Gasteiger partial charge in [-0.1, -0.05) is 30.0 Å². The van der Waals surface area contributed by atoms with E-state index in [1.807, 2.05) is 12.1 Å². The number of halogens is 1. The first-order valence-electron chi connectivity index (χ1n) is 12.8. The number of rotatable bonds is 5. The number of hydrogen-bond donors (Lipinski definition) is 0. The van der Waals surface area contributed by atoms with Crippen molar-refractivity contribution in [3.05, 3.63) is 85.6 Å². The second kappa shape index (κ2) is 9.57. The van der Waals surface area contributed by atoms with E-state index in [9.17, 15) is 9.18 Å². The highest BCUT2D eigenvalue weighted by Crippen LogP contribution is 2.44. The van der Waals surface area contributed by atoms with Gasteiger partial charge in [0, 0.05) is 44.2 Å². The van der Waals surface area contributed by atoms with E-state index < -0.39 is 0 Å². The average Bonchev–Trinajstić information content (AvgIpc) is 3.66. The van der Waals surface area contributed by atoms with Gasteiger partial charge in [0.1, 0.15) is 15.8 Å². The van der Waals surface area contributed by atoms with Crippen molar-refractivity contribution < 1.29 is 4.39 Å². The lowest BCUT2D eigenvalue weighted by Gasteiger charge is -2.47. The minimum Gasteiger partial charge on any atom is -0.362 e. The zero-order chi connectivity index (χ0) is 26.6. The number of nitrogens with zero attached hydrogens (tertiary/aromatic N) is 7. The van der Waals surface area contributed by atoms with E-state index in [1.54, 1.807) is 41.2 Å². The molecule has 0 amide bonds. The van der Waals surface area contributed by atoms with E-state index in [1.165, 1.54) is 12.1 Å². The van der Waals surface area contributed by atoms with E-state index in [-0.39, 0.29) is 29.5 Å². The minimum atomic E-state index is -0.265. The van der Waals surface area contributed by atoms with Gasteiger partial charge in [-0.2, -0.15) is 0 Å². The number of aryl methyl sites for hydroxylation is 1. The maximum absolute atomic E-state index is 13.8. The van der Waals surface area contributed by atoms with Gasteiger partial charge in [0.15, 0.2) is 0 Å². The lowest BCUT2D eigenvalue weighted by Crippen LogP contribution is -2.57. The maximum atomic E-state index is 13.8. The van der Waals surface area contributed by atoms with Gasteiger partial charge in [0.25, 0.3) is 11.4 Å². The molecule has 1 aliphatic heterocycles. The molecule has 0 spiro atoms. The highest BCUT2D eigenvalue weighted by atomic mass is 32.1. The van der Waals surface area contributed by atoms with Crippen molar-refractivity contribution in [2.75, 3.05) is 18.0 Å². The highest BCUT2D eigenvalue weighted by molar-refractivity contribution is 7.11. The molecule has 0 N–H and O–H groups in total. The quantitative estimate of drug-likeness (QED) is 0.337. The van der Waals surface area contributed by atoms with Crippen molar-refractivity contribution >= 4 is 33.9 Å². The molecular formula is C28H28FN7OS. The first kappa shape index (κ1) is 24.6. The third-order valence-corrected chi connectivity index (χ3v) is 8.78. The molecule has 3 aromatic heterocycles. The summed E-state index contributed by atoms with van der Waals surface area (Å²) in [6, 6.07) is 11.7. The second-order valence-electron chi connectivity index (χ2n) is 10.3. The fourth-order valence-electron chi connectivity index (χ4n) is 5.40. The molecule has 194 valence electrons. The standard InChI is InChI=1S/C28H28FN7OS/c1-16-15-36(26(18-7-9-20(29)10-8-18)28-33-32-27(38-28)19-5-6-19)17(2)14-35(16)22-13-24(37)34(4)21-11-12-23(30-3)31-25(21)22/h7-13,16-17,19,26H,5-6,14-15H2,1-2,4H3/t16-,17+,26?/m0/s1. The molecule has 1 unspecified atom stereocenters. The third-order valence-electron chi connectivity index (χ3n) is 7.65. The highest BCUT2D eigenvalue weighted by Gasteiger charge is 2.38. The molecule has 38 heavy (non-hydrogen) atoms. The number of aromatic nitrogens is 4. The van der Waals surface area contributed by atoms with Crippen molar-refractivity contribution in [1.29, 1.82) is 0 Å². The molecule has 8 nitrogen and oxygen atoms in total. The zero-order valence-electron chi connectivity index (χ0n) is 21.5. The van der Waals surface area contributed by atoms with Gasteiger partial charge in [0.05, 0.1) is 17.2 Å². The van der Waals surface area contributed by atoms with Crippen LogP contribution in [0.1, 0.15) is 54.2 Å². The minimum absolute atomic E-state index is 0.0404. The fraction of sp³-hybridized carbons (Fsp3) is 0.393. The van der Waals surface area contributed by atoms with Crippen LogP contribution >= 0.6 is 11.3 Å². The Morgan fingerprint density at radius 2 is 1.84 bits per heavy atom. The Balaban J connectivity index is 1.38. The molecule has 4 heterocycles. The van der Waals surface area contributed by atoms with Crippen LogP contribution in [0.25, 0.3) is 15.9 Å². The van der Waals surface area contributed by atoms with Gasteiger partial charge >= 0.3 is 0 Å². The van der Waals surface area contributed by atoms with E-state index in [2.05, 4.69) is 43.7 Å². The van der Waals surface area contributed by atoms with Crippen LogP contribution in [0, 0.1) is 12.4 Å². The number of anilines is 1. The van der Waals surface area contributed by atoms with Crippen molar-refractivity contribution in [1.82, 2.24) is 24.6 Å². The molecule has 3 atom stereocenters. The van der Waals surface area contributed by atoms with Gasteiger partial charge in [-0.25, -0.2) is 4.39 Å². The second-order valence-corrected chi connectivity index (χ2v) is 11.4. The van der Waals surface area contributed by atoms with Crippen molar-refractivity contribution in [3.63, 3.8) is 0 Å². The maximum Gasteiger partial charge on any atom is 0.270 e. The van der Waals surface area contributed by atoms with Crippen LogP contribution in [0.3, 0.4) is 0 Å². The molecule has 0 bridgehead atoms. The summed E-state index contributed by atoms with van der Waals surface area (Å²) in [5.41, 5.74) is 2.98. The topological polar surface area (TPSA) is 71.5 Å². The number of pyridine rings is 2. The molecule has 4 aromatic rings. The van der Waals surface area contributed by atoms with Crippen LogP contribution in [0.15, 0.2) is 47.3 Å². The predicted octanol–water partition coefficient (Wildman–Crippen LogP) is 5.04. The Morgan fingerprint density at radius 1 is 1.08 bits per heavy atom. The Kier molecular flexibility index (Phi) is 6.20. The van der Waals surface area contributed by atoms with E-state index >= 15 is 0 Å². The van der Waals surface area contributed by atoms with Crippen LogP contribution in [-0.4, -0.2) is 49.8 Å². The van der Waals surface area contributed by atoms with Crippen LogP contribution in [0.4, 0.5) is 15.9 Å². The SMILES string of the molecule is [C-]#[N+]c1ccc2c(n1)c(N1C[C@@H](C)N(C(c3ccc(F)cc3)c3nnc(C4CC4)s3)C[C@@H]1C)cc(=O)n2C. The molecule has 2 fully saturated rings. The molecule has 2 aliphatic rings. The lowest BCUT2D eigenvalue weighted by atomic mass is 9.99. The van der Waals surface area contributed by atoms with Gasteiger partial charge in [0.2, 0.25) is 5.52 Å². The molecule has 10 heteroatoms.